The van der Waals surface area contributed by atoms with E-state index in [1.807, 2.05) is 0 Å². The van der Waals surface area contributed by atoms with Crippen LogP contribution in [0.3, 0.4) is 0 Å². The number of thioether (sulfide) groups is 1. The van der Waals surface area contributed by atoms with Crippen LogP contribution in [-0.4, -0.2) is 33.7 Å². The number of nitro groups is 1. The summed E-state index contributed by atoms with van der Waals surface area (Å²) >= 11 is 2.61. The zero-order valence-corrected chi connectivity index (χ0v) is 13.0. The third-order valence-electron chi connectivity index (χ3n) is 2.67. The van der Waals surface area contributed by atoms with Gasteiger partial charge in [0.05, 0.1) is 10.7 Å². The summed E-state index contributed by atoms with van der Waals surface area (Å²) in [4.78, 5) is 22.5. The number of Topliss-reactive ketones (excluding diaryl/α,β-unsaturated/α-hetero) is 1. The summed E-state index contributed by atoms with van der Waals surface area (Å²) in [5.41, 5.74) is 0.823. The third kappa shape index (κ3) is 3.76. The highest BCUT2D eigenvalue weighted by atomic mass is 32.2. The van der Waals surface area contributed by atoms with Gasteiger partial charge in [-0.3, -0.25) is 14.9 Å². The number of carbonyl (C=O) groups excluding carboxylic acids is 1. The van der Waals surface area contributed by atoms with E-state index in [4.69, 9.17) is 0 Å². The first-order chi connectivity index (χ1) is 10.0. The molecule has 1 heterocycles. The summed E-state index contributed by atoms with van der Waals surface area (Å²) in [5.74, 6) is -0.0113. The topological polar surface area (TPSA) is 98.0 Å². The average molecular weight is 324 g/mol. The number of hydrogen-bond acceptors (Lipinski definition) is 8. The molecule has 2 rings (SSSR count). The molecule has 1 N–H and O–H groups in total. The van der Waals surface area contributed by atoms with E-state index in [0.717, 1.165) is 0 Å². The number of aryl methyl sites for hydroxylation is 1. The number of hydrogen-bond donors (Lipinski definition) is 1. The molecule has 2 aromatic rings. The Morgan fingerprint density at radius 1 is 1.48 bits per heavy atom. The second kappa shape index (κ2) is 6.64. The molecule has 0 saturated heterocycles. The minimum absolute atomic E-state index is 0.0424. The van der Waals surface area contributed by atoms with Gasteiger partial charge in [0.2, 0.25) is 5.13 Å². The fourth-order valence-corrected chi connectivity index (χ4v) is 3.16. The Labute approximate surface area is 128 Å². The zero-order chi connectivity index (χ0) is 15.4. The maximum Gasteiger partial charge on any atom is 0.273 e. The van der Waals surface area contributed by atoms with E-state index in [1.165, 1.54) is 29.2 Å². The standard InChI is InChI=1S/C12H12N4O3S2/c1-7-3-4-8(5-9(7)16(18)19)10(17)6-20-12-15-14-11(13-2)21-12/h3-5H,6H2,1-2H3,(H,13,14). The van der Waals surface area contributed by atoms with Gasteiger partial charge in [0.1, 0.15) is 0 Å². The third-order valence-corrected chi connectivity index (χ3v) is 4.75. The lowest BCUT2D eigenvalue weighted by atomic mass is 10.1. The highest BCUT2D eigenvalue weighted by Gasteiger charge is 2.15. The van der Waals surface area contributed by atoms with Crippen LogP contribution >= 0.6 is 23.1 Å². The summed E-state index contributed by atoms with van der Waals surface area (Å²) in [5, 5.41) is 22.2. The van der Waals surface area contributed by atoms with Crippen molar-refractivity contribution in [2.45, 2.75) is 11.3 Å². The summed E-state index contributed by atoms with van der Waals surface area (Å²) in [6.45, 7) is 1.64. The number of nitrogens with one attached hydrogen (secondary N) is 1. The van der Waals surface area contributed by atoms with Crippen LogP contribution in [0.5, 0.6) is 0 Å². The van der Waals surface area contributed by atoms with Crippen LogP contribution in [0, 0.1) is 17.0 Å². The van der Waals surface area contributed by atoms with Crippen LogP contribution in [0.25, 0.3) is 0 Å². The summed E-state index contributed by atoms with van der Waals surface area (Å²) in [6, 6.07) is 4.50. The van der Waals surface area contributed by atoms with Gasteiger partial charge in [-0.25, -0.2) is 0 Å². The second-order valence-corrected chi connectivity index (χ2v) is 6.29. The SMILES string of the molecule is CNc1nnc(SCC(=O)c2ccc(C)c([N+](=O)[O-])c2)s1. The van der Waals surface area contributed by atoms with E-state index in [0.29, 0.717) is 20.6 Å². The minimum atomic E-state index is -0.483. The first kappa shape index (κ1) is 15.4. The quantitative estimate of drug-likeness (QED) is 0.377. The summed E-state index contributed by atoms with van der Waals surface area (Å²) in [7, 11) is 1.74. The van der Waals surface area contributed by atoms with Crippen molar-refractivity contribution in [3.05, 3.63) is 39.4 Å². The molecule has 0 aliphatic carbocycles. The zero-order valence-electron chi connectivity index (χ0n) is 11.3. The average Bonchev–Trinajstić information content (AvgIpc) is 2.93. The normalized spacial score (nSPS) is 10.4. The first-order valence-corrected chi connectivity index (χ1v) is 7.73. The Morgan fingerprint density at radius 3 is 2.86 bits per heavy atom. The molecule has 1 aromatic heterocycles. The Hall–Kier alpha value is -2.00. The number of carbonyl (C=O) groups is 1. The molecule has 1 aromatic carbocycles. The van der Waals surface area contributed by atoms with Crippen molar-refractivity contribution in [3.8, 4) is 0 Å². The van der Waals surface area contributed by atoms with Crippen LogP contribution < -0.4 is 5.32 Å². The molecule has 0 spiro atoms. The van der Waals surface area contributed by atoms with E-state index in [-0.39, 0.29) is 17.2 Å². The predicted molar refractivity (Wildman–Crippen MR) is 82.3 cm³/mol. The van der Waals surface area contributed by atoms with Crippen LogP contribution in [0.15, 0.2) is 22.5 Å². The smallest absolute Gasteiger partial charge is 0.273 e. The lowest BCUT2D eigenvalue weighted by Crippen LogP contribution is -2.04. The van der Waals surface area contributed by atoms with Gasteiger partial charge in [-0.2, -0.15) is 0 Å². The molecule has 0 atom stereocenters. The number of aromatic nitrogens is 2. The van der Waals surface area contributed by atoms with Gasteiger partial charge in [0.25, 0.3) is 5.69 Å². The van der Waals surface area contributed by atoms with Crippen molar-refractivity contribution in [3.63, 3.8) is 0 Å². The first-order valence-electron chi connectivity index (χ1n) is 5.93. The van der Waals surface area contributed by atoms with Gasteiger partial charge in [-0.1, -0.05) is 35.2 Å². The number of nitro benzene ring substituents is 1. The van der Waals surface area contributed by atoms with Crippen molar-refractivity contribution in [1.82, 2.24) is 10.2 Å². The Morgan fingerprint density at radius 2 is 2.24 bits per heavy atom. The molecule has 0 saturated carbocycles. The second-order valence-electron chi connectivity index (χ2n) is 4.09. The molecule has 0 bridgehead atoms. The molecular weight excluding hydrogens is 312 g/mol. The van der Waals surface area contributed by atoms with Crippen molar-refractivity contribution in [2.24, 2.45) is 0 Å². The highest BCUT2D eigenvalue weighted by Crippen LogP contribution is 2.26. The van der Waals surface area contributed by atoms with Crippen LogP contribution in [0.2, 0.25) is 0 Å². The van der Waals surface area contributed by atoms with Gasteiger partial charge >= 0.3 is 0 Å². The van der Waals surface area contributed by atoms with Crippen LogP contribution in [-0.2, 0) is 0 Å². The van der Waals surface area contributed by atoms with Gasteiger partial charge < -0.3 is 5.32 Å². The molecule has 0 aliphatic rings. The van der Waals surface area contributed by atoms with E-state index in [9.17, 15) is 14.9 Å². The summed E-state index contributed by atoms with van der Waals surface area (Å²) < 4.78 is 0.675. The molecule has 9 heteroatoms. The molecule has 21 heavy (non-hydrogen) atoms. The Balaban J connectivity index is 2.06. The van der Waals surface area contributed by atoms with Crippen LogP contribution in [0.4, 0.5) is 10.8 Å². The van der Waals surface area contributed by atoms with Crippen molar-refractivity contribution >= 4 is 39.7 Å². The highest BCUT2D eigenvalue weighted by molar-refractivity contribution is 8.01. The van der Waals surface area contributed by atoms with Gasteiger partial charge in [-0.15, -0.1) is 10.2 Å². The maximum absolute atomic E-state index is 12.1. The molecule has 110 valence electrons. The molecule has 0 radical (unpaired) electrons. The lowest BCUT2D eigenvalue weighted by Gasteiger charge is -2.01. The largest absolute Gasteiger partial charge is 0.363 e. The fourth-order valence-electron chi connectivity index (χ4n) is 1.56. The number of nitrogens with zero attached hydrogens (tertiary/aromatic N) is 3. The molecule has 0 unspecified atom stereocenters. The van der Waals surface area contributed by atoms with Gasteiger partial charge in [0.15, 0.2) is 10.1 Å². The van der Waals surface area contributed by atoms with Crippen molar-refractivity contribution in [1.29, 1.82) is 0 Å². The molecular formula is C12H12N4O3S2. The number of ketones is 1. The number of rotatable bonds is 6. The molecule has 0 amide bonds. The van der Waals surface area contributed by atoms with Crippen molar-refractivity contribution in [2.75, 3.05) is 18.1 Å². The molecule has 0 fully saturated rings. The Kier molecular flexibility index (Phi) is 4.86. The van der Waals surface area contributed by atoms with E-state index in [1.54, 1.807) is 26.1 Å². The van der Waals surface area contributed by atoms with Crippen LogP contribution in [0.1, 0.15) is 15.9 Å². The predicted octanol–water partition coefficient (Wildman–Crippen LogP) is 2.77. The van der Waals surface area contributed by atoms with E-state index < -0.39 is 4.92 Å². The van der Waals surface area contributed by atoms with E-state index in [2.05, 4.69) is 15.5 Å². The van der Waals surface area contributed by atoms with Gasteiger partial charge in [0, 0.05) is 24.2 Å². The summed E-state index contributed by atoms with van der Waals surface area (Å²) in [6.07, 6.45) is 0. The Bertz CT molecular complexity index is 687. The van der Waals surface area contributed by atoms with Crippen molar-refractivity contribution < 1.29 is 9.72 Å². The maximum atomic E-state index is 12.1. The van der Waals surface area contributed by atoms with Gasteiger partial charge in [-0.05, 0) is 6.92 Å². The molecule has 7 nitrogen and oxygen atoms in total. The fraction of sp³-hybridized carbons (Fsp3) is 0.250. The minimum Gasteiger partial charge on any atom is -0.363 e. The number of anilines is 1. The number of benzene rings is 1. The van der Waals surface area contributed by atoms with E-state index >= 15 is 0 Å². The monoisotopic (exact) mass is 324 g/mol. The molecule has 0 aliphatic heterocycles. The lowest BCUT2D eigenvalue weighted by molar-refractivity contribution is -0.385.